The maximum Gasteiger partial charge on any atom is 0.324 e. The largest absolute Gasteiger partial charge is 0.368 e. The van der Waals surface area contributed by atoms with Crippen LogP contribution in [0.25, 0.3) is 10.7 Å². The van der Waals surface area contributed by atoms with E-state index < -0.39 is 0 Å². The molecule has 0 atom stereocenters. The van der Waals surface area contributed by atoms with Crippen LogP contribution in [0.1, 0.15) is 29.8 Å². The minimum atomic E-state index is -0.385. The molecule has 12 heteroatoms. The van der Waals surface area contributed by atoms with Crippen molar-refractivity contribution in [2.75, 3.05) is 16.8 Å². The highest BCUT2D eigenvalue weighted by molar-refractivity contribution is 7.15. The monoisotopic (exact) mass is 480 g/mol. The van der Waals surface area contributed by atoms with Crippen LogP contribution in [0.5, 0.6) is 0 Å². The minimum absolute atomic E-state index is 0.258. The number of imidazole rings is 1. The van der Waals surface area contributed by atoms with E-state index in [-0.39, 0.29) is 23.5 Å². The lowest BCUT2D eigenvalue weighted by Gasteiger charge is -2.41. The first-order valence-corrected chi connectivity index (χ1v) is 11.5. The molecule has 4 aromatic heterocycles. The summed E-state index contributed by atoms with van der Waals surface area (Å²) in [6, 6.07) is 6.68. The molecule has 0 saturated heterocycles. The number of aromatic amines is 2. The number of carbonyl (C=O) groups is 1. The Bertz CT molecular complexity index is 1350. The third kappa shape index (κ3) is 4.31. The van der Waals surface area contributed by atoms with Gasteiger partial charge in [-0.05, 0) is 37.1 Å². The Hall–Kier alpha value is -3.93. The van der Waals surface area contributed by atoms with Crippen molar-refractivity contribution in [2.24, 2.45) is 0 Å². The second-order valence-corrected chi connectivity index (χ2v) is 9.23. The Balaban J connectivity index is 1.24. The second-order valence-electron chi connectivity index (χ2n) is 8.12. The van der Waals surface area contributed by atoms with Crippen molar-refractivity contribution in [1.29, 1.82) is 0 Å². The van der Waals surface area contributed by atoms with Crippen LogP contribution in [0.3, 0.4) is 0 Å². The zero-order valence-electron chi connectivity index (χ0n) is 18.0. The number of H-pyrrole nitrogens is 2. The number of rotatable bonds is 9. The number of carbonyl (C=O) groups excluding carboxylic acids is 1. The number of hydrogen-bond acceptors (Lipinski definition) is 8. The van der Waals surface area contributed by atoms with Gasteiger partial charge in [-0.3, -0.25) is 19.7 Å². The van der Waals surface area contributed by atoms with Crippen LogP contribution in [0, 0.1) is 5.82 Å². The number of nitrogens with zero attached hydrogens (tertiary/aromatic N) is 5. The molecule has 0 aromatic carbocycles. The fraction of sp³-hybridized carbons (Fsp3) is 0.273. The lowest BCUT2D eigenvalue weighted by atomic mass is 9.66. The molecule has 0 bridgehead atoms. The summed E-state index contributed by atoms with van der Waals surface area (Å²) < 4.78 is 14.3. The van der Waals surface area contributed by atoms with E-state index in [9.17, 15) is 14.0 Å². The van der Waals surface area contributed by atoms with Gasteiger partial charge in [-0.1, -0.05) is 6.42 Å². The zero-order chi connectivity index (χ0) is 23.5. The minimum Gasteiger partial charge on any atom is -0.368 e. The van der Waals surface area contributed by atoms with Gasteiger partial charge in [-0.15, -0.1) is 21.5 Å². The molecule has 4 heterocycles. The number of halogens is 1. The summed E-state index contributed by atoms with van der Waals surface area (Å²) in [7, 11) is 0. The molecule has 0 spiro atoms. The van der Waals surface area contributed by atoms with Crippen molar-refractivity contribution in [1.82, 2.24) is 30.1 Å². The number of amides is 1. The quantitative estimate of drug-likeness (QED) is 0.314. The van der Waals surface area contributed by atoms with Gasteiger partial charge >= 0.3 is 5.69 Å². The van der Waals surface area contributed by atoms with Crippen LogP contribution in [-0.2, 0) is 16.8 Å². The molecule has 3 N–H and O–H groups in total. The number of thiazole rings is 1. The topological polar surface area (TPSA) is 133 Å². The van der Waals surface area contributed by atoms with E-state index in [4.69, 9.17) is 0 Å². The molecule has 1 aliphatic rings. The molecule has 0 aliphatic heterocycles. The number of aromatic nitrogens is 6. The van der Waals surface area contributed by atoms with E-state index >= 15 is 0 Å². The van der Waals surface area contributed by atoms with Gasteiger partial charge in [-0.25, -0.2) is 14.2 Å². The van der Waals surface area contributed by atoms with Gasteiger partial charge in [0.15, 0.2) is 0 Å². The Labute approximate surface area is 197 Å². The maximum absolute atomic E-state index is 14.3. The highest BCUT2D eigenvalue weighted by atomic mass is 32.1. The van der Waals surface area contributed by atoms with Gasteiger partial charge in [0.05, 0.1) is 12.2 Å². The van der Waals surface area contributed by atoms with Crippen LogP contribution >= 0.6 is 11.3 Å². The molecule has 0 unspecified atom stereocenters. The normalized spacial score (nSPS) is 14.4. The Morgan fingerprint density at radius 2 is 2.12 bits per heavy atom. The molecule has 34 heavy (non-hydrogen) atoms. The summed E-state index contributed by atoms with van der Waals surface area (Å²) in [6.07, 6.45) is 8.15. The van der Waals surface area contributed by atoms with Crippen molar-refractivity contribution in [3.05, 3.63) is 69.7 Å². The predicted octanol–water partition coefficient (Wildman–Crippen LogP) is 2.85. The lowest BCUT2D eigenvalue weighted by molar-refractivity contribution is -0.107. The van der Waals surface area contributed by atoms with Gasteiger partial charge < -0.3 is 10.3 Å². The van der Waals surface area contributed by atoms with Gasteiger partial charge in [-0.2, -0.15) is 0 Å². The second kappa shape index (κ2) is 9.14. The van der Waals surface area contributed by atoms with Gasteiger partial charge in [0.1, 0.15) is 28.2 Å². The summed E-state index contributed by atoms with van der Waals surface area (Å²) in [6.45, 7) is 0.785. The van der Waals surface area contributed by atoms with Crippen LogP contribution in [0.4, 0.5) is 16.0 Å². The van der Waals surface area contributed by atoms with E-state index in [0.29, 0.717) is 41.0 Å². The molecule has 5 rings (SSSR count). The Morgan fingerprint density at radius 3 is 2.76 bits per heavy atom. The molecule has 1 saturated carbocycles. The third-order valence-corrected chi connectivity index (χ3v) is 6.97. The summed E-state index contributed by atoms with van der Waals surface area (Å²) in [5.41, 5.74) is 0.388. The number of anilines is 2. The maximum atomic E-state index is 14.3. The van der Waals surface area contributed by atoms with Crippen LogP contribution in [0.2, 0.25) is 0 Å². The van der Waals surface area contributed by atoms with E-state index in [1.807, 2.05) is 12.1 Å². The highest BCUT2D eigenvalue weighted by Crippen LogP contribution is 2.43. The SMILES string of the molecule is O=CN(Cc1cnc(-c2ccc(NCC3(c4ncccc4F)CCC3)nn2)s1)c1c[nH]c(=O)[nH]1. The number of pyridine rings is 1. The van der Waals surface area contributed by atoms with E-state index in [0.717, 1.165) is 24.1 Å². The van der Waals surface area contributed by atoms with Gasteiger partial charge in [0, 0.05) is 35.4 Å². The average Bonchev–Trinajstić information content (AvgIpc) is 3.47. The van der Waals surface area contributed by atoms with Crippen molar-refractivity contribution >= 4 is 29.4 Å². The Kier molecular flexibility index (Phi) is 5.88. The number of hydrogen-bond donors (Lipinski definition) is 3. The fourth-order valence-corrected chi connectivity index (χ4v) is 4.88. The summed E-state index contributed by atoms with van der Waals surface area (Å²) >= 11 is 1.38. The smallest absolute Gasteiger partial charge is 0.324 e. The number of nitrogens with one attached hydrogen (secondary N) is 3. The van der Waals surface area contributed by atoms with Crippen molar-refractivity contribution in [2.45, 2.75) is 31.2 Å². The van der Waals surface area contributed by atoms with Crippen molar-refractivity contribution < 1.29 is 9.18 Å². The van der Waals surface area contributed by atoms with Gasteiger partial charge in [0.25, 0.3) is 0 Å². The first kappa shape index (κ1) is 21.9. The zero-order valence-corrected chi connectivity index (χ0v) is 18.8. The average molecular weight is 481 g/mol. The van der Waals surface area contributed by atoms with E-state index in [1.54, 1.807) is 18.5 Å². The molecule has 10 nitrogen and oxygen atoms in total. The van der Waals surface area contributed by atoms with E-state index in [2.05, 4.69) is 35.5 Å². The third-order valence-electron chi connectivity index (χ3n) is 5.96. The Morgan fingerprint density at radius 1 is 1.24 bits per heavy atom. The standard InChI is InChI=1S/C22H21FN8O2S/c23-15-3-1-8-24-19(15)22(6-2-7-22)12-27-17-5-4-16(29-30-17)20-25-9-14(34-20)11-31(13-32)18-10-26-21(33)28-18/h1,3-5,8-10,13H,2,6-7,11-12H2,(H,27,30)(H2,26,28,33). The van der Waals surface area contributed by atoms with Crippen LogP contribution < -0.4 is 15.9 Å². The van der Waals surface area contributed by atoms with Crippen LogP contribution in [0.15, 0.2) is 47.7 Å². The molecular formula is C22H21FN8O2S. The molecule has 1 aliphatic carbocycles. The first-order chi connectivity index (χ1) is 16.6. The molecular weight excluding hydrogens is 459 g/mol. The first-order valence-electron chi connectivity index (χ1n) is 10.7. The predicted molar refractivity (Wildman–Crippen MR) is 125 cm³/mol. The molecule has 0 radical (unpaired) electrons. The van der Waals surface area contributed by atoms with Crippen molar-refractivity contribution in [3.8, 4) is 10.7 Å². The lowest BCUT2D eigenvalue weighted by Crippen LogP contribution is -2.42. The summed E-state index contributed by atoms with van der Waals surface area (Å²) in [5.74, 6) is 0.688. The fourth-order valence-electron chi connectivity index (χ4n) is 4.00. The molecule has 174 valence electrons. The van der Waals surface area contributed by atoms with E-state index in [1.165, 1.54) is 28.5 Å². The van der Waals surface area contributed by atoms with Crippen LogP contribution in [-0.4, -0.2) is 43.1 Å². The highest BCUT2D eigenvalue weighted by Gasteiger charge is 2.41. The molecule has 1 fully saturated rings. The summed E-state index contributed by atoms with van der Waals surface area (Å²) in [5, 5.41) is 12.5. The molecule has 4 aromatic rings. The summed E-state index contributed by atoms with van der Waals surface area (Å²) in [4.78, 5) is 38.6. The van der Waals surface area contributed by atoms with Crippen molar-refractivity contribution in [3.63, 3.8) is 0 Å². The molecule has 1 amide bonds. The van der Waals surface area contributed by atoms with Gasteiger partial charge in [0.2, 0.25) is 6.41 Å².